The molecule has 0 amide bonds. The van der Waals surface area contributed by atoms with Gasteiger partial charge in [-0.1, -0.05) is 12.1 Å². The maximum absolute atomic E-state index is 13.3. The predicted octanol–water partition coefficient (Wildman–Crippen LogP) is 2.32. The minimum atomic E-state index is -0.391. The Balaban J connectivity index is 0.00000128. The Labute approximate surface area is 98.1 Å². The second-order valence-corrected chi connectivity index (χ2v) is 3.21. The standard InChI is InChI=1S/C10H10FN3O.ClH/c1-6(12)9-13-14-10(15-9)7-4-2-3-5-8(7)11;/h2-6H,12H2,1H3;1H. The number of hydrogen-bond acceptors (Lipinski definition) is 4. The number of hydrogen-bond donors (Lipinski definition) is 1. The van der Waals surface area contributed by atoms with Crippen LogP contribution in [-0.2, 0) is 0 Å². The van der Waals surface area contributed by atoms with Gasteiger partial charge in [0.1, 0.15) is 5.82 Å². The summed E-state index contributed by atoms with van der Waals surface area (Å²) in [5.74, 6) is 0.0611. The first kappa shape index (κ1) is 12.6. The molecular weight excluding hydrogens is 233 g/mol. The third-order valence-electron chi connectivity index (χ3n) is 1.93. The van der Waals surface area contributed by atoms with Crippen LogP contribution >= 0.6 is 12.4 Å². The quantitative estimate of drug-likeness (QED) is 0.879. The summed E-state index contributed by atoms with van der Waals surface area (Å²) in [5.41, 5.74) is 5.84. The highest BCUT2D eigenvalue weighted by molar-refractivity contribution is 5.85. The molecule has 0 bridgehead atoms. The van der Waals surface area contributed by atoms with Gasteiger partial charge >= 0.3 is 0 Å². The molecule has 1 aromatic heterocycles. The molecule has 0 saturated heterocycles. The second-order valence-electron chi connectivity index (χ2n) is 3.21. The van der Waals surface area contributed by atoms with Gasteiger partial charge in [-0.25, -0.2) is 4.39 Å². The van der Waals surface area contributed by atoms with E-state index in [0.29, 0.717) is 5.89 Å². The molecule has 2 aromatic rings. The van der Waals surface area contributed by atoms with Crippen LogP contribution < -0.4 is 5.73 Å². The molecule has 1 unspecified atom stereocenters. The third kappa shape index (κ3) is 2.37. The van der Waals surface area contributed by atoms with Crippen molar-refractivity contribution in [3.8, 4) is 11.5 Å². The van der Waals surface area contributed by atoms with E-state index in [0.717, 1.165) is 0 Å². The number of nitrogens with two attached hydrogens (primary N) is 1. The molecule has 1 atom stereocenters. The van der Waals surface area contributed by atoms with Gasteiger partial charge in [0.25, 0.3) is 5.89 Å². The van der Waals surface area contributed by atoms with Gasteiger partial charge in [-0.3, -0.25) is 0 Å². The number of halogens is 2. The van der Waals surface area contributed by atoms with Crippen molar-refractivity contribution in [3.63, 3.8) is 0 Å². The first-order valence-corrected chi connectivity index (χ1v) is 4.52. The van der Waals surface area contributed by atoms with E-state index in [1.165, 1.54) is 6.07 Å². The van der Waals surface area contributed by atoms with Crippen LogP contribution in [-0.4, -0.2) is 10.2 Å². The van der Waals surface area contributed by atoms with Gasteiger partial charge in [-0.05, 0) is 19.1 Å². The molecule has 0 saturated carbocycles. The van der Waals surface area contributed by atoms with Crippen molar-refractivity contribution in [2.24, 2.45) is 5.73 Å². The zero-order chi connectivity index (χ0) is 10.8. The normalized spacial score (nSPS) is 11.9. The third-order valence-corrected chi connectivity index (χ3v) is 1.93. The Morgan fingerprint density at radius 3 is 2.56 bits per heavy atom. The molecule has 1 heterocycles. The average Bonchev–Trinajstić information content (AvgIpc) is 2.67. The lowest BCUT2D eigenvalue weighted by atomic mass is 10.2. The summed E-state index contributed by atoms with van der Waals surface area (Å²) in [6.07, 6.45) is 0. The fourth-order valence-electron chi connectivity index (χ4n) is 1.16. The Hall–Kier alpha value is -1.46. The Bertz CT molecular complexity index is 473. The molecule has 86 valence electrons. The summed E-state index contributed by atoms with van der Waals surface area (Å²) < 4.78 is 18.6. The summed E-state index contributed by atoms with van der Waals surface area (Å²) in [6.45, 7) is 1.72. The van der Waals surface area contributed by atoms with E-state index in [2.05, 4.69) is 10.2 Å². The Morgan fingerprint density at radius 1 is 1.31 bits per heavy atom. The van der Waals surface area contributed by atoms with E-state index in [1.807, 2.05) is 0 Å². The number of rotatable bonds is 2. The maximum Gasteiger partial charge on any atom is 0.250 e. The lowest BCUT2D eigenvalue weighted by Gasteiger charge is -1.97. The molecule has 1 aromatic carbocycles. The largest absolute Gasteiger partial charge is 0.419 e. The smallest absolute Gasteiger partial charge is 0.250 e. The summed E-state index contributed by atoms with van der Waals surface area (Å²) >= 11 is 0. The van der Waals surface area contributed by atoms with E-state index < -0.39 is 5.82 Å². The van der Waals surface area contributed by atoms with Gasteiger partial charge < -0.3 is 10.2 Å². The van der Waals surface area contributed by atoms with E-state index in [1.54, 1.807) is 25.1 Å². The molecule has 0 aliphatic rings. The van der Waals surface area contributed by atoms with Gasteiger partial charge in [0, 0.05) is 0 Å². The Morgan fingerprint density at radius 2 is 2.00 bits per heavy atom. The van der Waals surface area contributed by atoms with Crippen LogP contribution in [0.3, 0.4) is 0 Å². The summed E-state index contributed by atoms with van der Waals surface area (Å²) in [4.78, 5) is 0. The van der Waals surface area contributed by atoms with Crippen LogP contribution in [0.4, 0.5) is 4.39 Å². The molecular formula is C10H11ClFN3O. The van der Waals surface area contributed by atoms with Crippen LogP contribution in [0.1, 0.15) is 18.9 Å². The zero-order valence-electron chi connectivity index (χ0n) is 8.55. The summed E-state index contributed by atoms with van der Waals surface area (Å²) in [7, 11) is 0. The molecule has 0 aliphatic carbocycles. The lowest BCUT2D eigenvalue weighted by Crippen LogP contribution is -2.04. The fourth-order valence-corrected chi connectivity index (χ4v) is 1.16. The second kappa shape index (κ2) is 5.05. The highest BCUT2D eigenvalue weighted by Gasteiger charge is 2.13. The minimum absolute atomic E-state index is 0. The molecule has 16 heavy (non-hydrogen) atoms. The first-order valence-electron chi connectivity index (χ1n) is 4.52. The number of benzene rings is 1. The molecule has 0 spiro atoms. The lowest BCUT2D eigenvalue weighted by molar-refractivity contribution is 0.470. The molecule has 2 N–H and O–H groups in total. The average molecular weight is 244 g/mol. The molecule has 0 aliphatic heterocycles. The van der Waals surface area contributed by atoms with Crippen LogP contribution in [0.5, 0.6) is 0 Å². The van der Waals surface area contributed by atoms with Crippen molar-refractivity contribution in [2.75, 3.05) is 0 Å². The zero-order valence-corrected chi connectivity index (χ0v) is 9.37. The predicted molar refractivity (Wildman–Crippen MR) is 59.5 cm³/mol. The summed E-state index contributed by atoms with van der Waals surface area (Å²) in [5, 5.41) is 7.46. The van der Waals surface area contributed by atoms with Crippen LogP contribution in [0.2, 0.25) is 0 Å². The molecule has 0 radical (unpaired) electrons. The topological polar surface area (TPSA) is 64.9 Å². The first-order chi connectivity index (χ1) is 7.18. The minimum Gasteiger partial charge on any atom is -0.419 e. The summed E-state index contributed by atoms with van der Waals surface area (Å²) in [6, 6.07) is 5.87. The van der Waals surface area contributed by atoms with Gasteiger partial charge in [0.2, 0.25) is 5.89 Å². The van der Waals surface area contributed by atoms with Crippen molar-refractivity contribution in [3.05, 3.63) is 36.0 Å². The van der Waals surface area contributed by atoms with Crippen LogP contribution in [0.15, 0.2) is 28.7 Å². The highest BCUT2D eigenvalue weighted by Crippen LogP contribution is 2.22. The Kier molecular flexibility index (Phi) is 3.98. The van der Waals surface area contributed by atoms with Gasteiger partial charge in [-0.15, -0.1) is 22.6 Å². The van der Waals surface area contributed by atoms with Crippen LogP contribution in [0, 0.1) is 5.82 Å². The molecule has 4 nitrogen and oxygen atoms in total. The number of nitrogens with zero attached hydrogens (tertiary/aromatic N) is 2. The highest BCUT2D eigenvalue weighted by atomic mass is 35.5. The van der Waals surface area contributed by atoms with Crippen molar-refractivity contribution in [1.29, 1.82) is 0 Å². The van der Waals surface area contributed by atoms with Crippen molar-refractivity contribution in [2.45, 2.75) is 13.0 Å². The number of aromatic nitrogens is 2. The van der Waals surface area contributed by atoms with Crippen LogP contribution in [0.25, 0.3) is 11.5 Å². The van der Waals surface area contributed by atoms with Crippen molar-refractivity contribution in [1.82, 2.24) is 10.2 Å². The molecule has 0 fully saturated rings. The van der Waals surface area contributed by atoms with E-state index in [9.17, 15) is 4.39 Å². The fraction of sp³-hybridized carbons (Fsp3) is 0.200. The van der Waals surface area contributed by atoms with E-state index >= 15 is 0 Å². The maximum atomic E-state index is 13.3. The molecule has 2 rings (SSSR count). The van der Waals surface area contributed by atoms with E-state index in [-0.39, 0.29) is 29.9 Å². The SMILES string of the molecule is CC(N)c1nnc(-c2ccccc2F)o1.Cl. The van der Waals surface area contributed by atoms with Gasteiger partial charge in [-0.2, -0.15) is 0 Å². The van der Waals surface area contributed by atoms with Gasteiger partial charge in [0.05, 0.1) is 11.6 Å². The van der Waals surface area contributed by atoms with Crippen molar-refractivity contribution >= 4 is 12.4 Å². The molecule has 6 heteroatoms. The van der Waals surface area contributed by atoms with Gasteiger partial charge in [0.15, 0.2) is 0 Å². The van der Waals surface area contributed by atoms with Crippen molar-refractivity contribution < 1.29 is 8.81 Å². The monoisotopic (exact) mass is 243 g/mol. The van der Waals surface area contributed by atoms with E-state index in [4.69, 9.17) is 10.2 Å².